The van der Waals surface area contributed by atoms with Gasteiger partial charge < -0.3 is 13.9 Å². The molecule has 0 aliphatic rings. The second kappa shape index (κ2) is 15.3. The Morgan fingerprint density at radius 1 is 0.302 bits per heavy atom. The Kier molecular flexibility index (Phi) is 8.83. The van der Waals surface area contributed by atoms with Crippen molar-refractivity contribution in [2.45, 2.75) is 0 Å². The summed E-state index contributed by atoms with van der Waals surface area (Å²) < 4.78 is 8.61. The average Bonchev–Trinajstić information content (AvgIpc) is 3.91. The topological polar surface area (TPSA) is 21.3 Å². The molecule has 0 aliphatic carbocycles. The normalized spacial score (nSPS) is 11.5. The van der Waals surface area contributed by atoms with Crippen LogP contribution in [-0.4, -0.2) is 4.57 Å². The predicted molar refractivity (Wildman–Crippen MR) is 264 cm³/mol. The summed E-state index contributed by atoms with van der Waals surface area (Å²) in [5.74, 6) is 0. The molecule has 0 saturated heterocycles. The Labute approximate surface area is 366 Å². The van der Waals surface area contributed by atoms with Gasteiger partial charge in [0.15, 0.2) is 0 Å². The van der Waals surface area contributed by atoms with Crippen molar-refractivity contribution < 1.29 is 4.42 Å². The van der Waals surface area contributed by atoms with Crippen LogP contribution in [0.1, 0.15) is 0 Å². The van der Waals surface area contributed by atoms with Crippen molar-refractivity contribution in [2.75, 3.05) is 4.90 Å². The molecule has 0 amide bonds. The summed E-state index contributed by atoms with van der Waals surface area (Å²) in [6.07, 6.45) is 0. The van der Waals surface area contributed by atoms with E-state index >= 15 is 0 Å². The van der Waals surface area contributed by atoms with Gasteiger partial charge in [0.1, 0.15) is 11.2 Å². The number of benzene rings is 10. The van der Waals surface area contributed by atoms with Gasteiger partial charge in [-0.25, -0.2) is 0 Å². The molecule has 0 fully saturated rings. The van der Waals surface area contributed by atoms with Gasteiger partial charge in [-0.3, -0.25) is 0 Å². The fourth-order valence-electron chi connectivity index (χ4n) is 9.40. The molecule has 3 nitrogen and oxygen atoms in total. The molecule has 0 atom stereocenters. The summed E-state index contributed by atoms with van der Waals surface area (Å²) >= 11 is 0. The Hall–Kier alpha value is -8.40. The average molecular weight is 805 g/mol. The number of hydrogen-bond donors (Lipinski definition) is 0. The molecule has 12 aromatic rings. The first-order valence-electron chi connectivity index (χ1n) is 21.5. The predicted octanol–water partition coefficient (Wildman–Crippen LogP) is 16.8. The number of furan rings is 1. The Morgan fingerprint density at radius 2 is 0.825 bits per heavy atom. The highest BCUT2D eigenvalue weighted by Crippen LogP contribution is 2.42. The van der Waals surface area contributed by atoms with Crippen molar-refractivity contribution in [1.29, 1.82) is 0 Å². The molecule has 10 aromatic carbocycles. The van der Waals surface area contributed by atoms with E-state index < -0.39 is 0 Å². The zero-order valence-electron chi connectivity index (χ0n) is 34.4. The van der Waals surface area contributed by atoms with E-state index in [0.29, 0.717) is 0 Å². The lowest BCUT2D eigenvalue weighted by Crippen LogP contribution is -2.09. The molecule has 0 saturated carbocycles. The third-order valence-electron chi connectivity index (χ3n) is 12.4. The molecule has 0 N–H and O–H groups in total. The molecule has 0 bridgehead atoms. The molecule has 0 radical (unpaired) electrons. The van der Waals surface area contributed by atoms with Gasteiger partial charge in [0.2, 0.25) is 0 Å². The van der Waals surface area contributed by atoms with E-state index in [-0.39, 0.29) is 0 Å². The molecule has 3 heteroatoms. The van der Waals surface area contributed by atoms with E-state index in [1.807, 2.05) is 12.1 Å². The van der Waals surface area contributed by atoms with Crippen LogP contribution in [0.3, 0.4) is 0 Å². The third kappa shape index (κ3) is 6.46. The number of hydrogen-bond acceptors (Lipinski definition) is 2. The minimum Gasteiger partial charge on any atom is -0.456 e. The van der Waals surface area contributed by atoms with Crippen molar-refractivity contribution in [3.8, 4) is 50.2 Å². The first-order valence-corrected chi connectivity index (χ1v) is 21.5. The van der Waals surface area contributed by atoms with E-state index in [2.05, 4.69) is 240 Å². The Bertz CT molecular complexity index is 3600. The minimum absolute atomic E-state index is 0.896. The van der Waals surface area contributed by atoms with E-state index in [1.165, 1.54) is 55.2 Å². The van der Waals surface area contributed by atoms with Crippen molar-refractivity contribution >= 4 is 60.8 Å². The second-order valence-electron chi connectivity index (χ2n) is 16.1. The van der Waals surface area contributed by atoms with Crippen LogP contribution in [0.5, 0.6) is 0 Å². The largest absolute Gasteiger partial charge is 0.456 e. The maximum atomic E-state index is 6.21. The Morgan fingerprint density at radius 3 is 1.60 bits per heavy atom. The lowest BCUT2D eigenvalue weighted by atomic mass is 9.95. The number of aromatic nitrogens is 1. The van der Waals surface area contributed by atoms with Crippen LogP contribution in [-0.2, 0) is 0 Å². The first-order chi connectivity index (χ1) is 31.2. The molecule has 0 spiro atoms. The monoisotopic (exact) mass is 804 g/mol. The highest BCUT2D eigenvalue weighted by atomic mass is 16.3. The van der Waals surface area contributed by atoms with Gasteiger partial charge in [-0.2, -0.15) is 0 Å². The third-order valence-corrected chi connectivity index (χ3v) is 12.4. The number of fused-ring (bicyclic) bond motifs is 6. The number of para-hydroxylation sites is 3. The molecular formula is C60H40N2O. The van der Waals surface area contributed by atoms with Crippen LogP contribution >= 0.6 is 0 Å². The number of anilines is 3. The van der Waals surface area contributed by atoms with E-state index in [4.69, 9.17) is 4.42 Å². The number of nitrogens with zero attached hydrogens (tertiary/aromatic N) is 2. The lowest BCUT2D eigenvalue weighted by molar-refractivity contribution is 0.669. The first kappa shape index (κ1) is 36.5. The summed E-state index contributed by atoms with van der Waals surface area (Å²) in [6, 6.07) is 87.1. The van der Waals surface area contributed by atoms with Crippen molar-refractivity contribution in [1.82, 2.24) is 4.57 Å². The quantitative estimate of drug-likeness (QED) is 0.153. The van der Waals surface area contributed by atoms with Gasteiger partial charge in [-0.15, -0.1) is 0 Å². The van der Waals surface area contributed by atoms with Gasteiger partial charge >= 0.3 is 0 Å². The molecule has 12 rings (SSSR count). The van der Waals surface area contributed by atoms with Crippen LogP contribution in [0.4, 0.5) is 17.1 Å². The van der Waals surface area contributed by atoms with E-state index in [1.54, 1.807) is 0 Å². The van der Waals surface area contributed by atoms with E-state index in [9.17, 15) is 0 Å². The van der Waals surface area contributed by atoms with Gasteiger partial charge in [-0.1, -0.05) is 164 Å². The molecule has 0 aliphatic heterocycles. The summed E-state index contributed by atoms with van der Waals surface area (Å²) in [6.45, 7) is 0. The number of rotatable bonds is 8. The van der Waals surface area contributed by atoms with Gasteiger partial charge in [0.05, 0.1) is 11.0 Å². The zero-order valence-corrected chi connectivity index (χ0v) is 34.4. The molecular weight excluding hydrogens is 765 g/mol. The zero-order chi connectivity index (χ0) is 41.7. The van der Waals surface area contributed by atoms with Crippen LogP contribution < -0.4 is 4.90 Å². The van der Waals surface area contributed by atoms with Crippen molar-refractivity contribution in [3.63, 3.8) is 0 Å². The summed E-state index contributed by atoms with van der Waals surface area (Å²) in [4.78, 5) is 2.34. The summed E-state index contributed by atoms with van der Waals surface area (Å²) in [7, 11) is 0. The highest BCUT2D eigenvalue weighted by molar-refractivity contribution is 6.16. The van der Waals surface area contributed by atoms with Crippen molar-refractivity contribution in [3.05, 3.63) is 243 Å². The van der Waals surface area contributed by atoms with Crippen LogP contribution in [0, 0.1) is 0 Å². The van der Waals surface area contributed by atoms with Crippen LogP contribution in [0.15, 0.2) is 247 Å². The lowest BCUT2D eigenvalue weighted by Gasteiger charge is -2.26. The fourth-order valence-corrected chi connectivity index (χ4v) is 9.40. The fraction of sp³-hybridized carbons (Fsp3) is 0. The molecule has 296 valence electrons. The maximum Gasteiger partial charge on any atom is 0.135 e. The molecule has 63 heavy (non-hydrogen) atoms. The van der Waals surface area contributed by atoms with Gasteiger partial charge in [-0.05, 0) is 123 Å². The SMILES string of the molecule is c1ccc(-c2ccc(-c3ccc(N(c4ccccc4)c4cccc(-c5cccc(-c6cccc7c6c6ccccc6n7-c6ccc7oc8ccccc8c7c6)c5)c4)cc3)cc2)cc1. The smallest absolute Gasteiger partial charge is 0.135 e. The van der Waals surface area contributed by atoms with Gasteiger partial charge in [0.25, 0.3) is 0 Å². The molecule has 0 unspecified atom stereocenters. The standard InChI is InChI=1S/C60H40N2O/c1-3-14-41(15-4-1)42-28-30-43(31-29-42)44-32-34-49(35-33-44)61(48-19-5-2-6-20-48)50-21-12-17-46(39-50)45-16-11-18-47(38-45)52-24-13-26-57-60(52)54-23-7-9-25-56(54)62(57)51-36-37-59-55(40-51)53-22-8-10-27-58(53)63-59/h1-40H. The molecule has 2 heterocycles. The molecule has 2 aromatic heterocycles. The van der Waals surface area contributed by atoms with E-state index in [0.717, 1.165) is 55.8 Å². The highest BCUT2D eigenvalue weighted by Gasteiger charge is 2.19. The minimum atomic E-state index is 0.896. The maximum absolute atomic E-state index is 6.21. The van der Waals surface area contributed by atoms with Crippen LogP contribution in [0.2, 0.25) is 0 Å². The van der Waals surface area contributed by atoms with Crippen LogP contribution in [0.25, 0.3) is 93.9 Å². The second-order valence-corrected chi connectivity index (χ2v) is 16.1. The summed E-state index contributed by atoms with van der Waals surface area (Å²) in [5.41, 5.74) is 18.1. The Balaban J connectivity index is 0.913. The van der Waals surface area contributed by atoms with Crippen molar-refractivity contribution in [2.24, 2.45) is 0 Å². The van der Waals surface area contributed by atoms with Gasteiger partial charge in [0, 0.05) is 44.3 Å². The summed E-state index contributed by atoms with van der Waals surface area (Å²) in [5, 5.41) is 4.71.